The standard InChI is InChI=1S/C7H5N4S.ClH/c12-7-8-9-10-11(7)6-4-2-1-3-5-6;/h1-5H;1H. The largest absolute Gasteiger partial charge is 0.244 e. The molecule has 0 N–H and O–H groups in total. The molecule has 1 heterocycles. The van der Waals surface area contributed by atoms with Crippen LogP contribution in [0.5, 0.6) is 0 Å². The maximum absolute atomic E-state index is 4.89. The van der Waals surface area contributed by atoms with Crippen molar-refractivity contribution in [2.24, 2.45) is 0 Å². The van der Waals surface area contributed by atoms with Gasteiger partial charge in [-0.05, 0) is 35.2 Å². The summed E-state index contributed by atoms with van der Waals surface area (Å²) < 4.78 is 1.51. The molecule has 0 atom stereocenters. The summed E-state index contributed by atoms with van der Waals surface area (Å²) in [4.78, 5) is 0. The van der Waals surface area contributed by atoms with Gasteiger partial charge in [0.1, 0.15) is 0 Å². The van der Waals surface area contributed by atoms with Gasteiger partial charge in [-0.25, -0.2) is 0 Å². The van der Waals surface area contributed by atoms with Crippen molar-refractivity contribution in [1.29, 1.82) is 0 Å². The number of hydrogen-bond acceptors (Lipinski definition) is 3. The monoisotopic (exact) mass is 213 g/mol. The van der Waals surface area contributed by atoms with Gasteiger partial charge in [0.05, 0.1) is 5.69 Å². The summed E-state index contributed by atoms with van der Waals surface area (Å²) >= 11 is 4.89. The fourth-order valence-corrected chi connectivity index (χ4v) is 1.09. The van der Waals surface area contributed by atoms with Crippen LogP contribution in [0.4, 0.5) is 0 Å². The third kappa shape index (κ3) is 1.93. The molecule has 0 fully saturated rings. The third-order valence-corrected chi connectivity index (χ3v) is 1.70. The van der Waals surface area contributed by atoms with Crippen LogP contribution in [0.15, 0.2) is 35.5 Å². The Bertz CT molecular complexity index is 375. The number of hydrogen-bond donors (Lipinski definition) is 0. The lowest BCUT2D eigenvalue weighted by Crippen LogP contribution is -1.96. The minimum atomic E-state index is 0. The average molecular weight is 214 g/mol. The number of nitrogens with zero attached hydrogens (tertiary/aromatic N) is 4. The zero-order valence-electron chi connectivity index (χ0n) is 6.49. The predicted octanol–water partition coefficient (Wildman–Crippen LogP) is 1.64. The van der Waals surface area contributed by atoms with E-state index in [9.17, 15) is 0 Å². The van der Waals surface area contributed by atoms with Gasteiger partial charge < -0.3 is 0 Å². The lowest BCUT2D eigenvalue weighted by atomic mass is 10.3. The second-order valence-electron chi connectivity index (χ2n) is 2.21. The minimum Gasteiger partial charge on any atom is -0.184 e. The quantitative estimate of drug-likeness (QED) is 0.724. The highest BCUT2D eigenvalue weighted by Gasteiger charge is 2.02. The number of halogens is 1. The van der Waals surface area contributed by atoms with Crippen molar-refractivity contribution in [2.45, 2.75) is 5.16 Å². The molecule has 1 radical (unpaired) electrons. The van der Waals surface area contributed by atoms with E-state index in [1.807, 2.05) is 30.3 Å². The van der Waals surface area contributed by atoms with Gasteiger partial charge in [0, 0.05) is 0 Å². The normalized spacial score (nSPS) is 9.23. The molecule has 0 aliphatic heterocycles. The zero-order valence-corrected chi connectivity index (χ0v) is 8.13. The van der Waals surface area contributed by atoms with E-state index in [0.717, 1.165) is 5.69 Å². The Morgan fingerprint density at radius 1 is 1.15 bits per heavy atom. The van der Waals surface area contributed by atoms with Crippen molar-refractivity contribution < 1.29 is 0 Å². The van der Waals surface area contributed by atoms with Crippen molar-refractivity contribution in [2.75, 3.05) is 0 Å². The molecular weight excluding hydrogens is 208 g/mol. The van der Waals surface area contributed by atoms with Crippen LogP contribution in [0, 0.1) is 0 Å². The average Bonchev–Trinajstić information content (AvgIpc) is 2.53. The maximum Gasteiger partial charge on any atom is 0.244 e. The molecule has 0 amide bonds. The summed E-state index contributed by atoms with van der Waals surface area (Å²) in [6.45, 7) is 0. The second-order valence-corrected chi connectivity index (χ2v) is 2.57. The molecule has 0 spiro atoms. The number of para-hydroxylation sites is 1. The predicted molar refractivity (Wildman–Crippen MR) is 52.3 cm³/mol. The summed E-state index contributed by atoms with van der Waals surface area (Å²) in [6.07, 6.45) is 0. The van der Waals surface area contributed by atoms with E-state index in [0.29, 0.717) is 5.16 Å². The molecule has 4 nitrogen and oxygen atoms in total. The van der Waals surface area contributed by atoms with Crippen LogP contribution in [-0.4, -0.2) is 20.2 Å². The first-order chi connectivity index (χ1) is 5.88. The van der Waals surface area contributed by atoms with Crippen LogP contribution >= 0.6 is 25.0 Å². The Morgan fingerprint density at radius 2 is 1.85 bits per heavy atom. The van der Waals surface area contributed by atoms with Crippen LogP contribution in [-0.2, 0) is 0 Å². The van der Waals surface area contributed by atoms with Crippen LogP contribution in [0.2, 0.25) is 0 Å². The topological polar surface area (TPSA) is 43.6 Å². The fourth-order valence-electron chi connectivity index (χ4n) is 0.910. The highest BCUT2D eigenvalue weighted by molar-refractivity contribution is 7.80. The molecule has 0 bridgehead atoms. The summed E-state index contributed by atoms with van der Waals surface area (Å²) in [5.41, 5.74) is 0.882. The highest BCUT2D eigenvalue weighted by Crippen LogP contribution is 2.08. The molecule has 2 aromatic rings. The van der Waals surface area contributed by atoms with Gasteiger partial charge in [0.25, 0.3) is 0 Å². The Kier molecular flexibility index (Phi) is 3.16. The van der Waals surface area contributed by atoms with Gasteiger partial charge in [0.2, 0.25) is 5.16 Å². The third-order valence-electron chi connectivity index (χ3n) is 1.44. The molecule has 0 saturated carbocycles. The summed E-state index contributed by atoms with van der Waals surface area (Å²) in [7, 11) is 0. The Labute approximate surface area is 86.8 Å². The molecule has 1 aromatic carbocycles. The molecule has 0 unspecified atom stereocenters. The minimum absolute atomic E-state index is 0. The van der Waals surface area contributed by atoms with Crippen molar-refractivity contribution >= 4 is 25.0 Å². The first-order valence-electron chi connectivity index (χ1n) is 3.39. The van der Waals surface area contributed by atoms with Gasteiger partial charge in [-0.1, -0.05) is 23.3 Å². The summed E-state index contributed by atoms with van der Waals surface area (Å²) in [5.74, 6) is 0. The van der Waals surface area contributed by atoms with E-state index >= 15 is 0 Å². The summed E-state index contributed by atoms with van der Waals surface area (Å²) in [6, 6.07) is 9.53. The number of benzene rings is 1. The smallest absolute Gasteiger partial charge is 0.184 e. The van der Waals surface area contributed by atoms with E-state index in [2.05, 4.69) is 15.5 Å². The highest BCUT2D eigenvalue weighted by atomic mass is 35.5. The first-order valence-corrected chi connectivity index (χ1v) is 3.79. The molecule has 2 rings (SSSR count). The zero-order chi connectivity index (χ0) is 8.39. The lowest BCUT2D eigenvalue weighted by Gasteiger charge is -1.97. The molecular formula is C7H6ClN4S. The molecule has 13 heavy (non-hydrogen) atoms. The number of aromatic nitrogens is 4. The van der Waals surface area contributed by atoms with Gasteiger partial charge in [-0.2, -0.15) is 4.68 Å². The van der Waals surface area contributed by atoms with Crippen molar-refractivity contribution in [3.8, 4) is 5.69 Å². The van der Waals surface area contributed by atoms with E-state index in [1.54, 1.807) is 0 Å². The second kappa shape index (κ2) is 4.15. The van der Waals surface area contributed by atoms with Crippen LogP contribution < -0.4 is 0 Å². The molecule has 6 heteroatoms. The SMILES string of the molecule is Cl.[S]c1nnnn1-c1ccccc1. The number of tetrazole rings is 1. The molecule has 1 aromatic heterocycles. The van der Waals surface area contributed by atoms with Crippen molar-refractivity contribution in [3.05, 3.63) is 30.3 Å². The number of rotatable bonds is 1. The Hall–Kier alpha value is -1.20. The molecule has 0 aliphatic rings. The van der Waals surface area contributed by atoms with E-state index in [-0.39, 0.29) is 12.4 Å². The van der Waals surface area contributed by atoms with Gasteiger partial charge in [-0.15, -0.1) is 12.4 Å². The van der Waals surface area contributed by atoms with Gasteiger partial charge in [-0.3, -0.25) is 0 Å². The summed E-state index contributed by atoms with van der Waals surface area (Å²) in [5, 5.41) is 11.2. The van der Waals surface area contributed by atoms with Crippen LogP contribution in [0.1, 0.15) is 0 Å². The van der Waals surface area contributed by atoms with E-state index in [4.69, 9.17) is 12.6 Å². The fraction of sp³-hybridized carbons (Fsp3) is 0. The Morgan fingerprint density at radius 3 is 2.38 bits per heavy atom. The van der Waals surface area contributed by atoms with Crippen molar-refractivity contribution in [3.63, 3.8) is 0 Å². The van der Waals surface area contributed by atoms with Gasteiger partial charge in [0.15, 0.2) is 0 Å². The first kappa shape index (κ1) is 9.88. The van der Waals surface area contributed by atoms with Crippen LogP contribution in [0.25, 0.3) is 5.69 Å². The van der Waals surface area contributed by atoms with E-state index < -0.39 is 0 Å². The lowest BCUT2D eigenvalue weighted by molar-refractivity contribution is 0.758. The Balaban J connectivity index is 0.000000845. The molecule has 0 aliphatic carbocycles. The maximum atomic E-state index is 4.89. The van der Waals surface area contributed by atoms with Gasteiger partial charge >= 0.3 is 0 Å². The molecule has 67 valence electrons. The molecule has 0 saturated heterocycles. The van der Waals surface area contributed by atoms with Crippen LogP contribution in [0.3, 0.4) is 0 Å². The van der Waals surface area contributed by atoms with E-state index in [1.165, 1.54) is 4.68 Å². The van der Waals surface area contributed by atoms with Crippen molar-refractivity contribution in [1.82, 2.24) is 20.2 Å².